The van der Waals surface area contributed by atoms with Gasteiger partial charge < -0.3 is 0 Å². The largest absolute Gasteiger partial charge is 0.289 e. The fourth-order valence-corrected chi connectivity index (χ4v) is 4.51. The van der Waals surface area contributed by atoms with E-state index in [1.165, 1.54) is 4.90 Å². The molecule has 0 atom stereocenters. The molecule has 1 aliphatic rings. The third kappa shape index (κ3) is 3.80. The van der Waals surface area contributed by atoms with Gasteiger partial charge in [-0.1, -0.05) is 88.7 Å². The molecule has 4 nitrogen and oxygen atoms in total. The number of amides is 1. The van der Waals surface area contributed by atoms with Crippen LogP contribution in [-0.2, 0) is 0 Å². The van der Waals surface area contributed by atoms with E-state index in [2.05, 4.69) is 15.9 Å². The van der Waals surface area contributed by atoms with Gasteiger partial charge in [0.2, 0.25) is 5.78 Å². The first-order chi connectivity index (χ1) is 16.6. The highest BCUT2D eigenvalue weighted by atomic mass is 79.9. The maximum atomic E-state index is 13.9. The Morgan fingerprint density at radius 1 is 0.647 bits per heavy atom. The fraction of sp³-hybridized carbons (Fsp3) is 0. The van der Waals surface area contributed by atoms with E-state index in [9.17, 15) is 14.4 Å². The van der Waals surface area contributed by atoms with Crippen molar-refractivity contribution in [3.63, 3.8) is 0 Å². The van der Waals surface area contributed by atoms with Gasteiger partial charge in [0.15, 0.2) is 5.78 Å². The third-order valence-electron chi connectivity index (χ3n) is 5.67. The average Bonchev–Trinajstić information content (AvgIpc) is 3.17. The minimum absolute atomic E-state index is 0.0574. The van der Waals surface area contributed by atoms with Crippen LogP contribution in [0.3, 0.4) is 0 Å². The lowest BCUT2D eigenvalue weighted by atomic mass is 9.93. The lowest BCUT2D eigenvalue weighted by Crippen LogP contribution is -2.30. The number of anilines is 1. The van der Waals surface area contributed by atoms with Crippen molar-refractivity contribution >= 4 is 44.7 Å². The van der Waals surface area contributed by atoms with Crippen molar-refractivity contribution in [2.24, 2.45) is 0 Å². The van der Waals surface area contributed by atoms with Crippen LogP contribution in [0.15, 0.2) is 119 Å². The summed E-state index contributed by atoms with van der Waals surface area (Å²) >= 11 is 3.47. The van der Waals surface area contributed by atoms with Gasteiger partial charge in [-0.3, -0.25) is 19.3 Å². The Morgan fingerprint density at radius 3 is 1.91 bits per heavy atom. The molecule has 5 rings (SSSR count). The summed E-state index contributed by atoms with van der Waals surface area (Å²) in [5.74, 6) is -1.07. The number of rotatable bonds is 4. The second-order valence-electron chi connectivity index (χ2n) is 7.78. The molecule has 0 saturated carbocycles. The van der Waals surface area contributed by atoms with Crippen LogP contribution in [0, 0.1) is 0 Å². The van der Waals surface area contributed by atoms with E-state index in [0.29, 0.717) is 27.9 Å². The summed E-state index contributed by atoms with van der Waals surface area (Å²) in [6.07, 6.45) is 0. The molecule has 0 aliphatic carbocycles. The minimum Gasteiger partial charge on any atom is -0.289 e. The number of hydrogen-bond acceptors (Lipinski definition) is 3. The lowest BCUT2D eigenvalue weighted by Gasteiger charge is -2.22. The number of carbonyl (C=O) groups is 3. The quantitative estimate of drug-likeness (QED) is 0.231. The van der Waals surface area contributed by atoms with E-state index in [4.69, 9.17) is 0 Å². The fourth-order valence-electron chi connectivity index (χ4n) is 4.11. The topological polar surface area (TPSA) is 54.5 Å². The molecule has 164 valence electrons. The average molecular weight is 508 g/mol. The highest BCUT2D eigenvalue weighted by molar-refractivity contribution is 9.10. The van der Waals surface area contributed by atoms with Crippen LogP contribution in [0.4, 0.5) is 5.69 Å². The number of carbonyl (C=O) groups excluding carboxylic acids is 3. The van der Waals surface area contributed by atoms with Crippen LogP contribution < -0.4 is 4.90 Å². The van der Waals surface area contributed by atoms with Gasteiger partial charge in [0.05, 0.1) is 11.3 Å². The zero-order valence-electron chi connectivity index (χ0n) is 17.9. The van der Waals surface area contributed by atoms with Crippen LogP contribution in [0.25, 0.3) is 5.57 Å². The van der Waals surface area contributed by atoms with Gasteiger partial charge in [0.1, 0.15) is 5.70 Å². The van der Waals surface area contributed by atoms with Gasteiger partial charge >= 0.3 is 0 Å². The van der Waals surface area contributed by atoms with Crippen LogP contribution in [0.2, 0.25) is 0 Å². The molecule has 0 N–H and O–H groups in total. The van der Waals surface area contributed by atoms with Crippen LogP contribution >= 0.6 is 15.9 Å². The van der Waals surface area contributed by atoms with Gasteiger partial charge in [-0.15, -0.1) is 0 Å². The SMILES string of the molecule is O=C(/C(=C1\C(=O)c2ccccc2N1C(=O)c1ccccc1)c1cccc(Br)c1)c1ccccc1. The maximum absolute atomic E-state index is 13.9. The summed E-state index contributed by atoms with van der Waals surface area (Å²) in [5.41, 5.74) is 2.48. The second-order valence-corrected chi connectivity index (χ2v) is 8.70. The molecular formula is C29H18BrNO3. The predicted octanol–water partition coefficient (Wildman–Crippen LogP) is 6.59. The molecule has 4 aromatic carbocycles. The second kappa shape index (κ2) is 9.04. The highest BCUT2D eigenvalue weighted by Gasteiger charge is 2.40. The van der Waals surface area contributed by atoms with Crippen LogP contribution in [0.1, 0.15) is 36.6 Å². The molecule has 1 amide bonds. The summed E-state index contributed by atoms with van der Waals surface area (Å²) in [7, 11) is 0. The maximum Gasteiger partial charge on any atom is 0.263 e. The number of nitrogens with zero attached hydrogens (tertiary/aromatic N) is 1. The Kier molecular flexibility index (Phi) is 5.78. The van der Waals surface area contributed by atoms with Crippen molar-refractivity contribution in [1.82, 2.24) is 0 Å². The number of ketones is 2. The van der Waals surface area contributed by atoms with E-state index in [-0.39, 0.29) is 28.7 Å². The van der Waals surface area contributed by atoms with Crippen molar-refractivity contribution < 1.29 is 14.4 Å². The first-order valence-corrected chi connectivity index (χ1v) is 11.5. The van der Waals surface area contributed by atoms with Crippen LogP contribution in [-0.4, -0.2) is 17.5 Å². The molecule has 34 heavy (non-hydrogen) atoms. The van der Waals surface area contributed by atoms with E-state index >= 15 is 0 Å². The Morgan fingerprint density at radius 2 is 1.24 bits per heavy atom. The smallest absolute Gasteiger partial charge is 0.263 e. The van der Waals surface area contributed by atoms with E-state index in [1.807, 2.05) is 18.2 Å². The van der Waals surface area contributed by atoms with Crippen molar-refractivity contribution in [1.29, 1.82) is 0 Å². The van der Waals surface area contributed by atoms with E-state index in [1.54, 1.807) is 91.0 Å². The predicted molar refractivity (Wildman–Crippen MR) is 136 cm³/mol. The molecular weight excluding hydrogens is 490 g/mol. The molecule has 1 heterocycles. The lowest BCUT2D eigenvalue weighted by molar-refractivity contribution is 0.0972. The molecule has 0 unspecified atom stereocenters. The Bertz CT molecular complexity index is 1460. The summed E-state index contributed by atoms with van der Waals surface area (Å²) in [4.78, 5) is 42.8. The highest BCUT2D eigenvalue weighted by Crippen LogP contribution is 2.40. The summed E-state index contributed by atoms with van der Waals surface area (Å²) < 4.78 is 0.757. The first-order valence-electron chi connectivity index (χ1n) is 10.7. The van der Waals surface area contributed by atoms with Gasteiger partial charge in [0.25, 0.3) is 5.91 Å². The summed E-state index contributed by atoms with van der Waals surface area (Å²) in [6, 6.07) is 31.7. The van der Waals surface area contributed by atoms with Gasteiger partial charge in [-0.25, -0.2) is 0 Å². The number of fused-ring (bicyclic) bond motifs is 1. The summed E-state index contributed by atoms with van der Waals surface area (Å²) in [6.45, 7) is 0. The Balaban J connectivity index is 1.82. The third-order valence-corrected chi connectivity index (χ3v) is 6.16. The minimum atomic E-state index is -0.373. The normalized spacial score (nSPS) is 14.0. The molecule has 0 spiro atoms. The molecule has 0 fully saturated rings. The molecule has 0 bridgehead atoms. The number of hydrogen-bond donors (Lipinski definition) is 0. The van der Waals surface area contributed by atoms with E-state index in [0.717, 1.165) is 4.47 Å². The Labute approximate surface area is 205 Å². The Hall–Kier alpha value is -4.09. The van der Waals surface area contributed by atoms with Crippen molar-refractivity contribution in [2.75, 3.05) is 4.90 Å². The number of allylic oxidation sites excluding steroid dienone is 2. The first kappa shape index (κ1) is 21.7. The molecule has 0 radical (unpaired) electrons. The van der Waals surface area contributed by atoms with Crippen LogP contribution in [0.5, 0.6) is 0 Å². The van der Waals surface area contributed by atoms with E-state index < -0.39 is 0 Å². The summed E-state index contributed by atoms with van der Waals surface area (Å²) in [5, 5.41) is 0. The van der Waals surface area contributed by atoms with Crippen molar-refractivity contribution in [3.05, 3.63) is 142 Å². The molecule has 5 heteroatoms. The molecule has 0 aromatic heterocycles. The standard InChI is InChI=1S/C29H18BrNO3/c30-22-15-9-14-21(18-22)25(27(32)19-10-3-1-4-11-19)26-28(33)23-16-7-8-17-24(23)31(26)29(34)20-12-5-2-6-13-20/h1-18H/b26-25+. The molecule has 1 aliphatic heterocycles. The zero-order chi connectivity index (χ0) is 23.7. The number of halogens is 1. The monoisotopic (exact) mass is 507 g/mol. The van der Waals surface area contributed by atoms with Gasteiger partial charge in [-0.2, -0.15) is 0 Å². The van der Waals surface area contributed by atoms with Crippen molar-refractivity contribution in [3.8, 4) is 0 Å². The zero-order valence-corrected chi connectivity index (χ0v) is 19.5. The van der Waals surface area contributed by atoms with Gasteiger partial charge in [0, 0.05) is 21.2 Å². The van der Waals surface area contributed by atoms with Crippen molar-refractivity contribution in [2.45, 2.75) is 0 Å². The van der Waals surface area contributed by atoms with Gasteiger partial charge in [-0.05, 0) is 42.0 Å². The molecule has 4 aromatic rings. The molecule has 0 saturated heterocycles. The number of para-hydroxylation sites is 1. The number of benzene rings is 4. The number of Topliss-reactive ketones (excluding diaryl/α,β-unsaturated/α-hetero) is 2.